The van der Waals surface area contributed by atoms with E-state index in [1.54, 1.807) is 24.3 Å². The van der Waals surface area contributed by atoms with E-state index >= 15 is 0 Å². The summed E-state index contributed by atoms with van der Waals surface area (Å²) in [5.41, 5.74) is 0.450. The second-order valence-corrected chi connectivity index (χ2v) is 4.59. The largest absolute Gasteiger partial charge is 0.491 e. The van der Waals surface area contributed by atoms with Gasteiger partial charge in [-0.1, -0.05) is 0 Å². The zero-order valence-corrected chi connectivity index (χ0v) is 11.5. The summed E-state index contributed by atoms with van der Waals surface area (Å²) in [5.74, 6) is -0.939. The maximum atomic E-state index is 11.7. The van der Waals surface area contributed by atoms with Gasteiger partial charge in [0.2, 0.25) is 0 Å². The zero-order valence-electron chi connectivity index (χ0n) is 11.5. The second-order valence-electron chi connectivity index (χ2n) is 4.59. The predicted molar refractivity (Wildman–Crippen MR) is 72.8 cm³/mol. The van der Waals surface area contributed by atoms with E-state index in [1.807, 2.05) is 13.8 Å². The van der Waals surface area contributed by atoms with Gasteiger partial charge in [-0.3, -0.25) is 4.79 Å². The minimum atomic E-state index is -1.46. The van der Waals surface area contributed by atoms with Crippen molar-refractivity contribution in [3.8, 4) is 5.75 Å². The Balaban J connectivity index is 2.45. The number of aliphatic hydroxyl groups is 1. The van der Waals surface area contributed by atoms with Crippen LogP contribution in [0.4, 0.5) is 0 Å². The highest BCUT2D eigenvalue weighted by atomic mass is 16.5. The molecule has 1 atom stereocenters. The molecule has 1 rings (SSSR count). The van der Waals surface area contributed by atoms with Crippen LogP contribution in [0.2, 0.25) is 0 Å². The van der Waals surface area contributed by atoms with E-state index in [0.717, 1.165) is 0 Å². The number of carboxylic acids is 1. The number of hydrogen-bond donors (Lipinski definition) is 3. The molecular formula is C14H19NO5. The van der Waals surface area contributed by atoms with Crippen molar-refractivity contribution in [3.63, 3.8) is 0 Å². The predicted octanol–water partition coefficient (Wildman–Crippen LogP) is 1.04. The van der Waals surface area contributed by atoms with Crippen LogP contribution in [0.25, 0.3) is 0 Å². The first-order valence-electron chi connectivity index (χ1n) is 6.36. The number of carbonyl (C=O) groups excluding carboxylic acids is 1. The summed E-state index contributed by atoms with van der Waals surface area (Å²) in [6, 6.07) is 6.64. The fraction of sp³-hybridized carbons (Fsp3) is 0.429. The molecule has 0 heterocycles. The SMILES string of the molecule is CC(C)Oc1ccc(C(=O)NCCC(O)C(=O)O)cc1. The zero-order chi connectivity index (χ0) is 15.1. The number of benzene rings is 1. The van der Waals surface area contributed by atoms with Gasteiger partial charge in [-0.2, -0.15) is 0 Å². The molecule has 0 saturated heterocycles. The van der Waals surface area contributed by atoms with Crippen LogP contribution in [0.15, 0.2) is 24.3 Å². The van der Waals surface area contributed by atoms with Crippen molar-refractivity contribution in [2.24, 2.45) is 0 Å². The van der Waals surface area contributed by atoms with Crippen LogP contribution in [0.3, 0.4) is 0 Å². The fourth-order valence-corrected chi connectivity index (χ4v) is 1.50. The fourth-order valence-electron chi connectivity index (χ4n) is 1.50. The minimum Gasteiger partial charge on any atom is -0.491 e. The molecule has 0 aliphatic carbocycles. The van der Waals surface area contributed by atoms with Gasteiger partial charge in [0, 0.05) is 18.5 Å². The Morgan fingerprint density at radius 3 is 2.35 bits per heavy atom. The third-order valence-corrected chi connectivity index (χ3v) is 2.48. The lowest BCUT2D eigenvalue weighted by Crippen LogP contribution is -2.30. The first kappa shape index (κ1) is 16.0. The molecule has 1 unspecified atom stereocenters. The third kappa shape index (κ3) is 5.27. The monoisotopic (exact) mass is 281 g/mol. The van der Waals surface area contributed by atoms with Crippen LogP contribution in [0.5, 0.6) is 5.75 Å². The maximum Gasteiger partial charge on any atom is 0.332 e. The summed E-state index contributed by atoms with van der Waals surface area (Å²) in [5, 5.41) is 20.1. The molecule has 3 N–H and O–H groups in total. The smallest absolute Gasteiger partial charge is 0.332 e. The van der Waals surface area contributed by atoms with Crippen LogP contribution >= 0.6 is 0 Å². The van der Waals surface area contributed by atoms with E-state index in [1.165, 1.54) is 0 Å². The summed E-state index contributed by atoms with van der Waals surface area (Å²) in [4.78, 5) is 22.1. The van der Waals surface area contributed by atoms with Gasteiger partial charge in [-0.15, -0.1) is 0 Å². The normalized spacial score (nSPS) is 12.0. The molecule has 6 heteroatoms. The van der Waals surface area contributed by atoms with E-state index in [4.69, 9.17) is 14.9 Å². The Morgan fingerprint density at radius 1 is 1.25 bits per heavy atom. The summed E-state index contributed by atoms with van der Waals surface area (Å²) >= 11 is 0. The molecule has 1 aromatic carbocycles. The lowest BCUT2D eigenvalue weighted by molar-refractivity contribution is -0.146. The van der Waals surface area contributed by atoms with Crippen molar-refractivity contribution in [1.29, 1.82) is 0 Å². The van der Waals surface area contributed by atoms with E-state index in [2.05, 4.69) is 5.32 Å². The van der Waals surface area contributed by atoms with Crippen molar-refractivity contribution < 1.29 is 24.5 Å². The summed E-state index contributed by atoms with van der Waals surface area (Å²) < 4.78 is 5.46. The van der Waals surface area contributed by atoms with Crippen LogP contribution in [-0.4, -0.2) is 40.8 Å². The van der Waals surface area contributed by atoms with Crippen LogP contribution in [0.1, 0.15) is 30.6 Å². The van der Waals surface area contributed by atoms with E-state index in [0.29, 0.717) is 11.3 Å². The Bertz CT molecular complexity index is 455. The number of nitrogens with one attached hydrogen (secondary N) is 1. The lowest BCUT2D eigenvalue weighted by Gasteiger charge is -2.10. The summed E-state index contributed by atoms with van der Waals surface area (Å²) in [6.07, 6.45) is -1.43. The lowest BCUT2D eigenvalue weighted by atomic mass is 10.2. The first-order valence-corrected chi connectivity index (χ1v) is 6.36. The number of hydrogen-bond acceptors (Lipinski definition) is 4. The molecule has 6 nitrogen and oxygen atoms in total. The number of amides is 1. The standard InChI is InChI=1S/C14H19NO5/c1-9(2)20-11-5-3-10(4-6-11)13(17)15-8-7-12(16)14(18)19/h3-6,9,12,16H,7-8H2,1-2H3,(H,15,17)(H,18,19). The quantitative estimate of drug-likeness (QED) is 0.694. The van der Waals surface area contributed by atoms with Gasteiger partial charge in [-0.05, 0) is 38.1 Å². The topological polar surface area (TPSA) is 95.9 Å². The number of carboxylic acid groups (broad SMARTS) is 1. The van der Waals surface area contributed by atoms with E-state index < -0.39 is 12.1 Å². The summed E-state index contributed by atoms with van der Waals surface area (Å²) in [6.45, 7) is 3.92. The van der Waals surface area contributed by atoms with Gasteiger partial charge in [0.25, 0.3) is 5.91 Å². The second kappa shape index (κ2) is 7.49. The molecule has 20 heavy (non-hydrogen) atoms. The van der Waals surface area contributed by atoms with Gasteiger partial charge in [0.1, 0.15) is 5.75 Å². The van der Waals surface area contributed by atoms with Crippen LogP contribution in [-0.2, 0) is 4.79 Å². The first-order chi connectivity index (χ1) is 9.40. The average molecular weight is 281 g/mol. The Hall–Kier alpha value is -2.08. The Morgan fingerprint density at radius 2 is 1.85 bits per heavy atom. The third-order valence-electron chi connectivity index (χ3n) is 2.48. The summed E-state index contributed by atoms with van der Waals surface area (Å²) in [7, 11) is 0. The average Bonchev–Trinajstić information content (AvgIpc) is 2.38. The molecule has 1 aromatic rings. The van der Waals surface area contributed by atoms with Gasteiger partial charge in [0.05, 0.1) is 6.10 Å². The molecule has 0 bridgehead atoms. The molecule has 0 fully saturated rings. The molecular weight excluding hydrogens is 262 g/mol. The molecule has 0 aliphatic heterocycles. The number of aliphatic hydroxyl groups excluding tert-OH is 1. The Labute approximate surface area is 117 Å². The van der Waals surface area contributed by atoms with E-state index in [-0.39, 0.29) is 25.0 Å². The molecule has 0 spiro atoms. The van der Waals surface area contributed by atoms with Crippen molar-refractivity contribution in [2.45, 2.75) is 32.5 Å². The molecule has 0 aliphatic rings. The highest BCUT2D eigenvalue weighted by molar-refractivity contribution is 5.94. The van der Waals surface area contributed by atoms with Crippen molar-refractivity contribution in [1.82, 2.24) is 5.32 Å². The number of carbonyl (C=O) groups is 2. The van der Waals surface area contributed by atoms with Crippen molar-refractivity contribution >= 4 is 11.9 Å². The maximum absolute atomic E-state index is 11.7. The molecule has 0 saturated carbocycles. The van der Waals surface area contributed by atoms with Gasteiger partial charge < -0.3 is 20.3 Å². The van der Waals surface area contributed by atoms with Crippen molar-refractivity contribution in [3.05, 3.63) is 29.8 Å². The molecule has 0 aromatic heterocycles. The Kier molecular flexibility index (Phi) is 5.99. The number of rotatable bonds is 7. The van der Waals surface area contributed by atoms with Crippen molar-refractivity contribution in [2.75, 3.05) is 6.54 Å². The van der Waals surface area contributed by atoms with Gasteiger partial charge >= 0.3 is 5.97 Å². The highest BCUT2D eigenvalue weighted by Crippen LogP contribution is 2.13. The highest BCUT2D eigenvalue weighted by Gasteiger charge is 2.13. The van der Waals surface area contributed by atoms with Gasteiger partial charge in [0.15, 0.2) is 6.10 Å². The minimum absolute atomic E-state index is 0.0321. The van der Waals surface area contributed by atoms with Crippen LogP contribution in [0, 0.1) is 0 Å². The van der Waals surface area contributed by atoms with Crippen LogP contribution < -0.4 is 10.1 Å². The molecule has 1 amide bonds. The molecule has 0 radical (unpaired) electrons. The molecule has 110 valence electrons. The number of aliphatic carboxylic acids is 1. The number of ether oxygens (including phenoxy) is 1. The van der Waals surface area contributed by atoms with E-state index in [9.17, 15) is 9.59 Å². The van der Waals surface area contributed by atoms with Gasteiger partial charge in [-0.25, -0.2) is 4.79 Å².